The molecule has 1 aliphatic rings. The largest absolute Gasteiger partial charge is 0.394 e. The Morgan fingerprint density at radius 3 is 2.60 bits per heavy atom. The number of amides is 1. The first-order valence-electron chi connectivity index (χ1n) is 5.08. The molecule has 5 nitrogen and oxygen atoms in total. The van der Waals surface area contributed by atoms with Crippen LogP contribution in [-0.4, -0.2) is 55.0 Å². The molecule has 2 atom stereocenters. The molecule has 0 spiro atoms. The lowest BCUT2D eigenvalue weighted by Gasteiger charge is -2.30. The van der Waals surface area contributed by atoms with Gasteiger partial charge < -0.3 is 10.0 Å². The fraction of sp³-hybridized carbons (Fsp3) is 0.889. The van der Waals surface area contributed by atoms with Gasteiger partial charge in [0, 0.05) is 6.04 Å². The van der Waals surface area contributed by atoms with Crippen molar-refractivity contribution < 1.29 is 18.3 Å². The molecule has 1 N–H and O–H groups in total. The van der Waals surface area contributed by atoms with E-state index in [-0.39, 0.29) is 30.2 Å². The number of carbonyl (C=O) groups is 1. The molecule has 15 heavy (non-hydrogen) atoms. The minimum absolute atomic E-state index is 0.0300. The lowest BCUT2D eigenvalue weighted by Crippen LogP contribution is -2.44. The Labute approximate surface area is 90.0 Å². The molecule has 0 aromatic heterocycles. The summed E-state index contributed by atoms with van der Waals surface area (Å²) >= 11 is 0. The van der Waals surface area contributed by atoms with Gasteiger partial charge in [-0.2, -0.15) is 0 Å². The zero-order valence-electron chi connectivity index (χ0n) is 8.80. The van der Waals surface area contributed by atoms with Crippen LogP contribution in [-0.2, 0) is 14.6 Å². The van der Waals surface area contributed by atoms with Crippen molar-refractivity contribution in [3.63, 3.8) is 0 Å². The lowest BCUT2D eigenvalue weighted by molar-refractivity contribution is -0.123. The number of sulfone groups is 1. The van der Waals surface area contributed by atoms with Crippen LogP contribution in [0.25, 0.3) is 0 Å². The first-order valence-corrected chi connectivity index (χ1v) is 6.90. The highest BCUT2D eigenvalue weighted by Crippen LogP contribution is 2.19. The summed E-state index contributed by atoms with van der Waals surface area (Å²) in [4.78, 5) is 12.3. The van der Waals surface area contributed by atoms with Gasteiger partial charge in [0.15, 0.2) is 9.84 Å². The van der Waals surface area contributed by atoms with Crippen LogP contribution in [0.2, 0.25) is 0 Å². The smallest absolute Gasteiger partial charge is 0.210 e. The summed E-state index contributed by atoms with van der Waals surface area (Å²) in [7, 11) is -2.98. The fourth-order valence-corrected chi connectivity index (χ4v) is 3.64. The predicted molar refractivity (Wildman–Crippen MR) is 56.1 cm³/mol. The van der Waals surface area contributed by atoms with Crippen molar-refractivity contribution in [2.75, 3.05) is 18.1 Å². The van der Waals surface area contributed by atoms with Crippen molar-refractivity contribution in [3.05, 3.63) is 0 Å². The molecule has 0 aromatic carbocycles. The molecule has 0 bridgehead atoms. The average molecular weight is 235 g/mol. The normalized spacial score (nSPS) is 26.1. The van der Waals surface area contributed by atoms with Crippen molar-refractivity contribution in [1.82, 2.24) is 4.90 Å². The maximum absolute atomic E-state index is 11.3. The maximum Gasteiger partial charge on any atom is 0.210 e. The Morgan fingerprint density at radius 1 is 1.60 bits per heavy atom. The monoisotopic (exact) mass is 235 g/mol. The predicted octanol–water partition coefficient (Wildman–Crippen LogP) is -0.597. The van der Waals surface area contributed by atoms with Crippen LogP contribution in [0, 0.1) is 0 Å². The van der Waals surface area contributed by atoms with Crippen LogP contribution in [0.1, 0.15) is 19.8 Å². The Bertz CT molecular complexity index is 310. The summed E-state index contributed by atoms with van der Waals surface area (Å²) in [6.07, 6.45) is 1.76. The van der Waals surface area contributed by atoms with Crippen LogP contribution < -0.4 is 0 Å². The van der Waals surface area contributed by atoms with Crippen LogP contribution in [0.4, 0.5) is 0 Å². The van der Waals surface area contributed by atoms with E-state index in [2.05, 4.69) is 0 Å². The molecule has 0 aromatic rings. The van der Waals surface area contributed by atoms with E-state index >= 15 is 0 Å². The molecule has 6 heteroatoms. The van der Waals surface area contributed by atoms with E-state index in [0.717, 1.165) is 0 Å². The number of rotatable bonds is 5. The summed E-state index contributed by atoms with van der Waals surface area (Å²) in [6, 6.07) is -0.523. The molecule has 1 fully saturated rings. The number of aliphatic hydroxyl groups is 1. The topological polar surface area (TPSA) is 74.7 Å². The number of hydrogen-bond acceptors (Lipinski definition) is 4. The van der Waals surface area contributed by atoms with E-state index in [1.165, 1.54) is 4.90 Å². The second-order valence-corrected chi connectivity index (χ2v) is 6.08. The van der Waals surface area contributed by atoms with E-state index in [1.807, 2.05) is 6.92 Å². The third kappa shape index (κ3) is 2.92. The zero-order valence-corrected chi connectivity index (χ0v) is 9.61. The Balaban J connectivity index is 2.72. The third-order valence-corrected chi connectivity index (χ3v) is 4.61. The molecule has 88 valence electrons. The number of nitrogens with zero attached hydrogens (tertiary/aromatic N) is 1. The van der Waals surface area contributed by atoms with Gasteiger partial charge in [-0.05, 0) is 12.8 Å². The summed E-state index contributed by atoms with van der Waals surface area (Å²) in [6.45, 7) is 1.74. The van der Waals surface area contributed by atoms with Crippen LogP contribution in [0.15, 0.2) is 0 Å². The molecule has 1 aliphatic heterocycles. The Kier molecular flexibility index (Phi) is 4.10. The quantitative estimate of drug-likeness (QED) is 0.646. The number of hydrogen-bond donors (Lipinski definition) is 1. The van der Waals surface area contributed by atoms with E-state index < -0.39 is 9.84 Å². The molecule has 0 aliphatic carbocycles. The van der Waals surface area contributed by atoms with Crippen molar-refractivity contribution in [3.8, 4) is 0 Å². The lowest BCUT2D eigenvalue weighted by atomic mass is 10.1. The zero-order chi connectivity index (χ0) is 11.5. The highest BCUT2D eigenvalue weighted by molar-refractivity contribution is 7.91. The highest BCUT2D eigenvalue weighted by atomic mass is 32.2. The average Bonchev–Trinajstić information content (AvgIpc) is 2.54. The third-order valence-electron chi connectivity index (χ3n) is 2.86. The molecular formula is C9H17NO4S. The molecular weight excluding hydrogens is 218 g/mol. The van der Waals surface area contributed by atoms with E-state index in [4.69, 9.17) is 5.11 Å². The van der Waals surface area contributed by atoms with Crippen molar-refractivity contribution in [2.24, 2.45) is 0 Å². The first kappa shape index (κ1) is 12.4. The maximum atomic E-state index is 11.3. The van der Waals surface area contributed by atoms with Crippen molar-refractivity contribution in [2.45, 2.75) is 31.8 Å². The molecule has 0 saturated carbocycles. The van der Waals surface area contributed by atoms with E-state index in [9.17, 15) is 13.2 Å². The minimum atomic E-state index is -2.98. The van der Waals surface area contributed by atoms with Crippen LogP contribution in [0.5, 0.6) is 0 Å². The second-order valence-electron chi connectivity index (χ2n) is 3.85. The van der Waals surface area contributed by atoms with Gasteiger partial charge in [-0.25, -0.2) is 8.42 Å². The van der Waals surface area contributed by atoms with E-state index in [1.54, 1.807) is 0 Å². The molecule has 0 unspecified atom stereocenters. The molecule has 1 saturated heterocycles. The molecule has 1 amide bonds. The first-order chi connectivity index (χ1) is 7.04. The summed E-state index contributed by atoms with van der Waals surface area (Å²) in [5.74, 6) is 0.173. The van der Waals surface area contributed by atoms with Gasteiger partial charge in [-0.15, -0.1) is 0 Å². The number of aliphatic hydroxyl groups excluding tert-OH is 1. The van der Waals surface area contributed by atoms with Gasteiger partial charge in [0.25, 0.3) is 0 Å². The van der Waals surface area contributed by atoms with Gasteiger partial charge >= 0.3 is 0 Å². The SMILES string of the molecule is CC[C@@H](CO)N(C=O)[C@H]1CCS(=O)(=O)C1. The molecule has 0 radical (unpaired) electrons. The van der Waals surface area contributed by atoms with Crippen LogP contribution >= 0.6 is 0 Å². The minimum Gasteiger partial charge on any atom is -0.394 e. The van der Waals surface area contributed by atoms with Crippen molar-refractivity contribution in [1.29, 1.82) is 0 Å². The van der Waals surface area contributed by atoms with Gasteiger partial charge in [0.2, 0.25) is 6.41 Å². The van der Waals surface area contributed by atoms with Gasteiger partial charge in [-0.3, -0.25) is 4.79 Å². The van der Waals surface area contributed by atoms with Crippen LogP contribution in [0.3, 0.4) is 0 Å². The van der Waals surface area contributed by atoms with E-state index in [0.29, 0.717) is 19.3 Å². The molecule has 1 rings (SSSR count). The summed E-state index contributed by atoms with van der Waals surface area (Å²) in [5, 5.41) is 9.07. The standard InChI is InChI=1S/C9H17NO4S/c1-2-8(5-11)10(7-12)9-3-4-15(13,14)6-9/h7-9,11H,2-6H2,1H3/t8-,9-/m0/s1. The van der Waals surface area contributed by atoms with Gasteiger partial charge in [0.05, 0.1) is 24.2 Å². The van der Waals surface area contributed by atoms with Gasteiger partial charge in [0.1, 0.15) is 0 Å². The molecule has 1 heterocycles. The van der Waals surface area contributed by atoms with Gasteiger partial charge in [-0.1, -0.05) is 6.92 Å². The summed E-state index contributed by atoms with van der Waals surface area (Å²) < 4.78 is 22.5. The summed E-state index contributed by atoms with van der Waals surface area (Å²) in [5.41, 5.74) is 0. The Hall–Kier alpha value is -0.620. The second kappa shape index (κ2) is 4.94. The fourth-order valence-electron chi connectivity index (χ4n) is 1.91. The Morgan fingerprint density at radius 2 is 2.27 bits per heavy atom. The number of carbonyl (C=O) groups excluding carboxylic acids is 1. The highest BCUT2D eigenvalue weighted by Gasteiger charge is 2.34. The van der Waals surface area contributed by atoms with Crippen molar-refractivity contribution >= 4 is 16.2 Å².